The van der Waals surface area contributed by atoms with Gasteiger partial charge in [-0.05, 0) is 30.7 Å². The molecule has 0 saturated carbocycles. The van der Waals surface area contributed by atoms with E-state index in [1.807, 2.05) is 30.5 Å². The van der Waals surface area contributed by atoms with Gasteiger partial charge in [-0.15, -0.1) is 22.9 Å². The van der Waals surface area contributed by atoms with Gasteiger partial charge in [-0.2, -0.15) is 0 Å². The van der Waals surface area contributed by atoms with Crippen LogP contribution in [0.5, 0.6) is 5.75 Å². The zero-order chi connectivity index (χ0) is 12.3. The summed E-state index contributed by atoms with van der Waals surface area (Å²) in [6, 6.07) is 5.92. The normalized spacial score (nSPS) is 10.5. The Morgan fingerprint density at radius 3 is 2.94 bits per heavy atom. The van der Waals surface area contributed by atoms with Crippen molar-refractivity contribution in [3.63, 3.8) is 0 Å². The van der Waals surface area contributed by atoms with E-state index in [-0.39, 0.29) is 0 Å². The van der Waals surface area contributed by atoms with Crippen molar-refractivity contribution < 1.29 is 4.74 Å². The SMILES string of the molecule is Cc1cc(OCc2nc(CCl)cs2)ccc1Br. The van der Waals surface area contributed by atoms with Gasteiger partial charge >= 0.3 is 0 Å². The zero-order valence-corrected chi connectivity index (χ0v) is 12.4. The largest absolute Gasteiger partial charge is 0.486 e. The smallest absolute Gasteiger partial charge is 0.140 e. The van der Waals surface area contributed by atoms with Gasteiger partial charge in [-0.3, -0.25) is 0 Å². The number of alkyl halides is 1. The highest BCUT2D eigenvalue weighted by molar-refractivity contribution is 9.10. The predicted octanol–water partition coefficient (Wildman–Crippen LogP) is 4.53. The summed E-state index contributed by atoms with van der Waals surface area (Å²) in [5.41, 5.74) is 2.06. The fourth-order valence-electron chi connectivity index (χ4n) is 1.33. The molecule has 2 rings (SSSR count). The minimum absolute atomic E-state index is 0.452. The molecule has 0 aliphatic rings. The van der Waals surface area contributed by atoms with E-state index >= 15 is 0 Å². The average molecular weight is 333 g/mol. The summed E-state index contributed by atoms with van der Waals surface area (Å²) in [5.74, 6) is 1.31. The molecule has 0 spiro atoms. The summed E-state index contributed by atoms with van der Waals surface area (Å²) in [6.45, 7) is 2.52. The molecule has 0 N–H and O–H groups in total. The van der Waals surface area contributed by atoms with Gasteiger partial charge in [0.25, 0.3) is 0 Å². The van der Waals surface area contributed by atoms with Gasteiger partial charge in [0.2, 0.25) is 0 Å². The molecule has 0 bridgehead atoms. The van der Waals surface area contributed by atoms with Crippen LogP contribution in [0.4, 0.5) is 0 Å². The fraction of sp³-hybridized carbons (Fsp3) is 0.250. The van der Waals surface area contributed by atoms with E-state index in [1.165, 1.54) is 0 Å². The van der Waals surface area contributed by atoms with Crippen LogP contribution in [0.3, 0.4) is 0 Å². The molecular formula is C12H11BrClNOS. The number of hydrogen-bond acceptors (Lipinski definition) is 3. The molecule has 0 amide bonds. The first-order valence-electron chi connectivity index (χ1n) is 5.07. The third kappa shape index (κ3) is 3.44. The molecule has 0 aliphatic heterocycles. The Hall–Kier alpha value is -0.580. The second-order valence-electron chi connectivity index (χ2n) is 3.57. The lowest BCUT2D eigenvalue weighted by Crippen LogP contribution is -1.95. The standard InChI is InChI=1S/C12H11BrClNOS/c1-8-4-10(2-3-11(8)13)16-6-12-15-9(5-14)7-17-12/h2-4,7H,5-6H2,1H3. The topological polar surface area (TPSA) is 22.1 Å². The maximum Gasteiger partial charge on any atom is 0.140 e. The van der Waals surface area contributed by atoms with Crippen LogP contribution in [0, 0.1) is 6.92 Å². The number of nitrogens with zero attached hydrogens (tertiary/aromatic N) is 1. The molecule has 1 heterocycles. The number of aryl methyl sites for hydroxylation is 1. The van der Waals surface area contributed by atoms with Crippen LogP contribution in [-0.2, 0) is 12.5 Å². The molecule has 0 aliphatic carbocycles. The van der Waals surface area contributed by atoms with Crippen molar-refractivity contribution in [3.8, 4) is 5.75 Å². The Morgan fingerprint density at radius 1 is 1.47 bits per heavy atom. The van der Waals surface area contributed by atoms with Crippen LogP contribution in [0.25, 0.3) is 0 Å². The van der Waals surface area contributed by atoms with E-state index in [9.17, 15) is 0 Å². The van der Waals surface area contributed by atoms with Crippen molar-refractivity contribution in [1.29, 1.82) is 0 Å². The molecule has 5 heteroatoms. The van der Waals surface area contributed by atoms with E-state index in [0.29, 0.717) is 12.5 Å². The van der Waals surface area contributed by atoms with Gasteiger partial charge in [-0.25, -0.2) is 4.98 Å². The quantitative estimate of drug-likeness (QED) is 0.767. The first kappa shape index (κ1) is 12.9. The molecule has 17 heavy (non-hydrogen) atoms. The Bertz CT molecular complexity index is 515. The van der Waals surface area contributed by atoms with Crippen molar-refractivity contribution in [2.75, 3.05) is 0 Å². The number of thiazole rings is 1. The highest BCUT2D eigenvalue weighted by Gasteiger charge is 2.03. The molecule has 2 aromatic rings. The van der Waals surface area contributed by atoms with Crippen molar-refractivity contribution in [3.05, 3.63) is 44.3 Å². The highest BCUT2D eigenvalue weighted by Crippen LogP contribution is 2.22. The van der Waals surface area contributed by atoms with Gasteiger partial charge in [0, 0.05) is 9.85 Å². The summed E-state index contributed by atoms with van der Waals surface area (Å²) in [6.07, 6.45) is 0. The summed E-state index contributed by atoms with van der Waals surface area (Å²) >= 11 is 10.7. The lowest BCUT2D eigenvalue weighted by atomic mass is 10.2. The number of rotatable bonds is 4. The van der Waals surface area contributed by atoms with Crippen molar-refractivity contribution in [2.24, 2.45) is 0 Å². The number of hydrogen-bond donors (Lipinski definition) is 0. The van der Waals surface area contributed by atoms with Gasteiger partial charge in [-0.1, -0.05) is 15.9 Å². The fourth-order valence-corrected chi connectivity index (χ4v) is 2.51. The number of aromatic nitrogens is 1. The van der Waals surface area contributed by atoms with Crippen LogP contribution in [0.15, 0.2) is 28.1 Å². The molecular weight excluding hydrogens is 322 g/mol. The Labute approximate surface area is 118 Å². The highest BCUT2D eigenvalue weighted by atomic mass is 79.9. The number of benzene rings is 1. The third-order valence-corrected chi connectivity index (χ3v) is 4.26. The Kier molecular flexibility index (Phi) is 4.42. The van der Waals surface area contributed by atoms with Crippen LogP contribution < -0.4 is 4.74 Å². The average Bonchev–Trinajstić information content (AvgIpc) is 2.79. The lowest BCUT2D eigenvalue weighted by molar-refractivity contribution is 0.305. The van der Waals surface area contributed by atoms with Gasteiger partial charge in [0.15, 0.2) is 0 Å². The lowest BCUT2D eigenvalue weighted by Gasteiger charge is -2.05. The summed E-state index contributed by atoms with van der Waals surface area (Å²) in [4.78, 5) is 4.34. The molecule has 1 aromatic carbocycles. The van der Waals surface area contributed by atoms with E-state index in [1.54, 1.807) is 11.3 Å². The Balaban J connectivity index is 1.99. The zero-order valence-electron chi connectivity index (χ0n) is 9.24. The molecule has 2 nitrogen and oxygen atoms in total. The third-order valence-electron chi connectivity index (χ3n) is 2.23. The molecule has 0 fully saturated rings. The molecule has 90 valence electrons. The van der Waals surface area contributed by atoms with Crippen LogP contribution >= 0.6 is 38.9 Å². The predicted molar refractivity (Wildman–Crippen MR) is 74.9 cm³/mol. The van der Waals surface area contributed by atoms with Crippen molar-refractivity contribution in [2.45, 2.75) is 19.4 Å². The Morgan fingerprint density at radius 2 is 2.29 bits per heavy atom. The number of halogens is 2. The van der Waals surface area contributed by atoms with Crippen LogP contribution in [0.1, 0.15) is 16.3 Å². The second kappa shape index (κ2) is 5.85. The molecule has 1 aromatic heterocycles. The maximum absolute atomic E-state index is 5.69. The second-order valence-corrected chi connectivity index (χ2v) is 5.63. The summed E-state index contributed by atoms with van der Waals surface area (Å²) in [7, 11) is 0. The van der Waals surface area contributed by atoms with Gasteiger partial charge in [0.1, 0.15) is 17.4 Å². The number of ether oxygens (including phenoxy) is 1. The van der Waals surface area contributed by atoms with Gasteiger partial charge in [0.05, 0.1) is 11.6 Å². The minimum Gasteiger partial charge on any atom is -0.486 e. The van der Waals surface area contributed by atoms with E-state index in [4.69, 9.17) is 16.3 Å². The first-order chi connectivity index (χ1) is 8.19. The van der Waals surface area contributed by atoms with Crippen LogP contribution in [0.2, 0.25) is 0 Å². The van der Waals surface area contributed by atoms with Gasteiger partial charge < -0.3 is 4.74 Å². The van der Waals surface area contributed by atoms with Crippen molar-refractivity contribution in [1.82, 2.24) is 4.98 Å². The van der Waals surface area contributed by atoms with E-state index in [2.05, 4.69) is 20.9 Å². The summed E-state index contributed by atoms with van der Waals surface area (Å²) in [5, 5.41) is 2.90. The molecule has 0 saturated heterocycles. The minimum atomic E-state index is 0.452. The van der Waals surface area contributed by atoms with E-state index < -0.39 is 0 Å². The molecule has 0 atom stereocenters. The summed E-state index contributed by atoms with van der Waals surface area (Å²) < 4.78 is 6.76. The maximum atomic E-state index is 5.69. The molecule has 0 radical (unpaired) electrons. The molecule has 0 unspecified atom stereocenters. The van der Waals surface area contributed by atoms with Crippen LogP contribution in [-0.4, -0.2) is 4.98 Å². The van der Waals surface area contributed by atoms with Crippen molar-refractivity contribution >= 4 is 38.9 Å². The van der Waals surface area contributed by atoms with E-state index in [0.717, 1.165) is 26.5 Å². The first-order valence-corrected chi connectivity index (χ1v) is 7.28. The monoisotopic (exact) mass is 331 g/mol.